The van der Waals surface area contributed by atoms with E-state index < -0.39 is 5.41 Å². The van der Waals surface area contributed by atoms with E-state index in [1.165, 1.54) is 0 Å². The molecule has 1 atom stereocenters. The number of nitrogens with zero attached hydrogens (tertiary/aromatic N) is 4. The van der Waals surface area contributed by atoms with E-state index in [4.69, 9.17) is 26.1 Å². The summed E-state index contributed by atoms with van der Waals surface area (Å²) in [6, 6.07) is 11.1. The van der Waals surface area contributed by atoms with Gasteiger partial charge in [-0.05, 0) is 76.0 Å². The third-order valence-corrected chi connectivity index (χ3v) is 8.55. The first kappa shape index (κ1) is 30.2. The molecule has 3 aromatic heterocycles. The fourth-order valence-electron chi connectivity index (χ4n) is 5.81. The molecule has 2 aliphatic rings. The van der Waals surface area contributed by atoms with E-state index in [0.717, 1.165) is 67.7 Å². The number of ether oxygens (including phenoxy) is 2. The second kappa shape index (κ2) is 14.2. The highest BCUT2D eigenvalue weighted by molar-refractivity contribution is 6.33. The molecule has 1 unspecified atom stereocenters. The number of anilines is 1. The van der Waals surface area contributed by atoms with Crippen molar-refractivity contribution in [3.8, 4) is 17.3 Å². The predicted octanol–water partition coefficient (Wildman–Crippen LogP) is 4.24. The van der Waals surface area contributed by atoms with Crippen molar-refractivity contribution in [1.82, 2.24) is 30.5 Å². The van der Waals surface area contributed by atoms with Crippen LogP contribution in [0.2, 0.25) is 5.02 Å². The molecule has 0 spiro atoms. The zero-order valence-electron chi connectivity index (χ0n) is 24.0. The Labute approximate surface area is 250 Å². The smallest absolute Gasteiger partial charge is 0.340 e. The first-order chi connectivity index (χ1) is 20.4. The minimum Gasteiger partial charge on any atom is -0.381 e. The van der Waals surface area contributed by atoms with Crippen molar-refractivity contribution in [1.29, 1.82) is 5.26 Å². The van der Waals surface area contributed by atoms with Gasteiger partial charge < -0.3 is 20.1 Å². The summed E-state index contributed by atoms with van der Waals surface area (Å²) in [6.07, 6.45) is 8.54. The number of nitriles is 1. The summed E-state index contributed by atoms with van der Waals surface area (Å²) < 4.78 is 11.1. The van der Waals surface area contributed by atoms with E-state index >= 15 is 0 Å². The summed E-state index contributed by atoms with van der Waals surface area (Å²) >= 11 is 6.59. The summed E-state index contributed by atoms with van der Waals surface area (Å²) in [7, 11) is 0. The monoisotopic (exact) mass is 594 g/mol. The molecule has 2 fully saturated rings. The van der Waals surface area contributed by atoms with Crippen molar-refractivity contribution in [3.05, 3.63) is 57.5 Å². The standard InChI is InChI=1S/C30H39ClN8O3/c1-20(16-42-17-28-37-29(40)39-38-28)35-22-7-5-21(6-8-22)13-23-14-24(25(31)15-33-23)26-3-2-4-27(36-26)34-19-30(18-32)9-11-41-12-10-30/h2-4,14-15,20-22,35H,5-13,16-17,19H2,1H3,(H,34,36)(H2,37,38,39,40). The van der Waals surface area contributed by atoms with Gasteiger partial charge in [-0.2, -0.15) is 10.4 Å². The Hall–Kier alpha value is -3.30. The minimum absolute atomic E-state index is 0.206. The first-order valence-corrected chi connectivity index (χ1v) is 15.1. The van der Waals surface area contributed by atoms with E-state index in [1.807, 2.05) is 18.2 Å². The van der Waals surface area contributed by atoms with Crippen LogP contribution in [-0.4, -0.2) is 63.6 Å². The second-order valence-electron chi connectivity index (χ2n) is 11.6. The fourth-order valence-corrected chi connectivity index (χ4v) is 6.01. The van der Waals surface area contributed by atoms with Gasteiger partial charge in [0.1, 0.15) is 12.4 Å². The summed E-state index contributed by atoms with van der Waals surface area (Å²) in [4.78, 5) is 23.2. The van der Waals surface area contributed by atoms with E-state index in [-0.39, 0.29) is 18.3 Å². The number of hydrogen-bond acceptors (Lipinski definition) is 9. The molecular weight excluding hydrogens is 556 g/mol. The molecule has 4 heterocycles. The number of H-pyrrole nitrogens is 2. The molecule has 11 nitrogen and oxygen atoms in total. The Morgan fingerprint density at radius 3 is 2.81 bits per heavy atom. The maximum absolute atomic E-state index is 11.1. The van der Waals surface area contributed by atoms with Crippen LogP contribution in [0.25, 0.3) is 11.3 Å². The summed E-state index contributed by atoms with van der Waals surface area (Å²) in [6.45, 7) is 4.70. The van der Waals surface area contributed by atoms with Crippen LogP contribution < -0.4 is 16.3 Å². The SMILES string of the molecule is CC(COCc1n[nH]c(=O)[nH]1)NC1CCC(Cc2cc(-c3cccc(NCC4(C#N)CCOCC4)n3)c(Cl)cn2)CC1. The lowest BCUT2D eigenvalue weighted by molar-refractivity contribution is 0.0455. The Morgan fingerprint density at radius 2 is 2.07 bits per heavy atom. The largest absolute Gasteiger partial charge is 0.381 e. The number of halogens is 1. The normalized spacial score (nSPS) is 21.0. The number of hydrogen-bond donors (Lipinski definition) is 4. The van der Waals surface area contributed by atoms with Crippen molar-refractivity contribution in [3.63, 3.8) is 0 Å². The molecular formula is C30H39ClN8O3. The minimum atomic E-state index is -0.430. The number of aromatic amines is 2. The van der Waals surface area contributed by atoms with Crippen LogP contribution in [0.5, 0.6) is 0 Å². The molecule has 42 heavy (non-hydrogen) atoms. The summed E-state index contributed by atoms with van der Waals surface area (Å²) in [5.41, 5.74) is 1.93. The average Bonchev–Trinajstić information content (AvgIpc) is 3.43. The number of rotatable bonds is 12. The molecule has 1 aliphatic carbocycles. The zero-order valence-corrected chi connectivity index (χ0v) is 24.8. The summed E-state index contributed by atoms with van der Waals surface area (Å²) in [5.74, 6) is 1.80. The molecule has 1 saturated carbocycles. The van der Waals surface area contributed by atoms with Crippen molar-refractivity contribution in [2.75, 3.05) is 31.7 Å². The number of pyridine rings is 2. The molecule has 4 N–H and O–H groups in total. The van der Waals surface area contributed by atoms with Crippen LogP contribution in [0, 0.1) is 22.7 Å². The maximum Gasteiger partial charge on any atom is 0.340 e. The lowest BCUT2D eigenvalue weighted by Gasteiger charge is -2.31. The lowest BCUT2D eigenvalue weighted by Crippen LogP contribution is -2.41. The molecule has 3 aromatic rings. The van der Waals surface area contributed by atoms with Crippen LogP contribution in [-0.2, 0) is 22.5 Å². The molecule has 12 heteroatoms. The molecule has 224 valence electrons. The van der Waals surface area contributed by atoms with Crippen molar-refractivity contribution in [2.24, 2.45) is 11.3 Å². The van der Waals surface area contributed by atoms with Crippen LogP contribution in [0.1, 0.15) is 57.0 Å². The molecule has 0 aromatic carbocycles. The van der Waals surface area contributed by atoms with Crippen LogP contribution in [0.3, 0.4) is 0 Å². The van der Waals surface area contributed by atoms with Crippen LogP contribution in [0.15, 0.2) is 35.3 Å². The van der Waals surface area contributed by atoms with E-state index in [1.54, 1.807) is 6.20 Å². The van der Waals surface area contributed by atoms with E-state index in [9.17, 15) is 10.1 Å². The first-order valence-electron chi connectivity index (χ1n) is 14.7. The molecule has 1 aliphatic heterocycles. The average molecular weight is 595 g/mol. The Balaban J connectivity index is 1.11. The van der Waals surface area contributed by atoms with Gasteiger partial charge in [0.25, 0.3) is 0 Å². The van der Waals surface area contributed by atoms with Gasteiger partial charge >= 0.3 is 5.69 Å². The van der Waals surface area contributed by atoms with Gasteiger partial charge in [0.05, 0.1) is 28.8 Å². The second-order valence-corrected chi connectivity index (χ2v) is 12.0. The van der Waals surface area contributed by atoms with Crippen LogP contribution >= 0.6 is 11.6 Å². The highest BCUT2D eigenvalue weighted by Crippen LogP contribution is 2.32. The zero-order chi connectivity index (χ0) is 29.4. The van der Waals surface area contributed by atoms with Crippen molar-refractivity contribution >= 4 is 17.4 Å². The van der Waals surface area contributed by atoms with Crippen molar-refractivity contribution < 1.29 is 9.47 Å². The highest BCUT2D eigenvalue weighted by atomic mass is 35.5. The van der Waals surface area contributed by atoms with E-state index in [0.29, 0.717) is 49.2 Å². The Morgan fingerprint density at radius 1 is 1.26 bits per heavy atom. The van der Waals surface area contributed by atoms with Gasteiger partial charge in [0.15, 0.2) is 5.82 Å². The molecule has 0 amide bonds. The van der Waals surface area contributed by atoms with Crippen LogP contribution in [0.4, 0.5) is 5.82 Å². The van der Waals surface area contributed by atoms with Gasteiger partial charge in [-0.1, -0.05) is 17.7 Å². The van der Waals surface area contributed by atoms with Gasteiger partial charge in [-0.15, -0.1) is 0 Å². The maximum atomic E-state index is 11.1. The molecule has 5 rings (SSSR count). The summed E-state index contributed by atoms with van der Waals surface area (Å²) in [5, 5.41) is 23.6. The highest BCUT2D eigenvalue weighted by Gasteiger charge is 2.32. The fraction of sp³-hybridized carbons (Fsp3) is 0.567. The topological polar surface area (TPSA) is 154 Å². The molecule has 0 radical (unpaired) electrons. The molecule has 1 saturated heterocycles. The van der Waals surface area contributed by atoms with Gasteiger partial charge in [-0.3, -0.25) is 9.97 Å². The van der Waals surface area contributed by atoms with Gasteiger partial charge in [0.2, 0.25) is 0 Å². The lowest BCUT2D eigenvalue weighted by atomic mass is 9.82. The van der Waals surface area contributed by atoms with Crippen molar-refractivity contribution in [2.45, 2.75) is 70.6 Å². The predicted molar refractivity (Wildman–Crippen MR) is 160 cm³/mol. The number of nitrogens with one attached hydrogen (secondary N) is 4. The molecule has 0 bridgehead atoms. The third kappa shape index (κ3) is 8.16. The Bertz CT molecular complexity index is 1410. The number of aromatic nitrogens is 5. The van der Waals surface area contributed by atoms with E-state index in [2.05, 4.69) is 49.9 Å². The third-order valence-electron chi connectivity index (χ3n) is 8.25. The van der Waals surface area contributed by atoms with Gasteiger partial charge in [0, 0.05) is 49.3 Å². The quantitative estimate of drug-likeness (QED) is 0.241. The van der Waals surface area contributed by atoms with Gasteiger partial charge in [-0.25, -0.2) is 14.9 Å². The Kier molecular flexibility index (Phi) is 10.2.